The highest BCUT2D eigenvalue weighted by Crippen LogP contribution is 2.57. The Morgan fingerprint density at radius 2 is 1.96 bits per heavy atom. The van der Waals surface area contributed by atoms with Crippen LogP contribution >= 0.6 is 12.4 Å². The first kappa shape index (κ1) is 18.5. The van der Waals surface area contributed by atoms with Crippen LogP contribution in [-0.4, -0.2) is 54.6 Å². The third-order valence-corrected chi connectivity index (χ3v) is 5.71. The predicted molar refractivity (Wildman–Crippen MR) is 89.2 cm³/mol. The van der Waals surface area contributed by atoms with Crippen LogP contribution in [-0.2, 0) is 14.3 Å². The average Bonchev–Trinajstić information content (AvgIpc) is 3.29. The second kappa shape index (κ2) is 6.22. The first-order chi connectivity index (χ1) is 10.3. The number of halogens is 1. The molecule has 3 N–H and O–H groups in total. The lowest BCUT2D eigenvalue weighted by molar-refractivity contribution is -0.229. The zero-order chi connectivity index (χ0) is 16.1. The van der Waals surface area contributed by atoms with Crippen molar-refractivity contribution in [1.29, 1.82) is 0 Å². The number of carbonyl (C=O) groups is 2. The Balaban J connectivity index is 0.00000192. The van der Waals surface area contributed by atoms with Crippen LogP contribution in [0, 0.1) is 11.3 Å². The van der Waals surface area contributed by atoms with E-state index in [0.717, 1.165) is 32.3 Å². The topological polar surface area (TPSA) is 84.7 Å². The smallest absolute Gasteiger partial charge is 0.243 e. The second-order valence-electron chi connectivity index (χ2n) is 7.63. The molecule has 1 saturated heterocycles. The molecule has 3 fully saturated rings. The van der Waals surface area contributed by atoms with Crippen molar-refractivity contribution in [2.45, 2.75) is 57.2 Å². The summed E-state index contributed by atoms with van der Waals surface area (Å²) in [5, 5.41) is 2.91. The summed E-state index contributed by atoms with van der Waals surface area (Å²) in [4.78, 5) is 26.3. The highest BCUT2D eigenvalue weighted by Gasteiger charge is 2.70. The maximum atomic E-state index is 12.9. The molecule has 3 unspecified atom stereocenters. The van der Waals surface area contributed by atoms with E-state index in [-0.39, 0.29) is 42.8 Å². The van der Waals surface area contributed by atoms with Gasteiger partial charge in [0.1, 0.15) is 5.54 Å². The van der Waals surface area contributed by atoms with E-state index >= 15 is 0 Å². The normalized spacial score (nSPS) is 34.4. The first-order valence-electron chi connectivity index (χ1n) is 8.24. The van der Waals surface area contributed by atoms with Crippen molar-refractivity contribution in [2.24, 2.45) is 17.1 Å². The number of fused-ring (bicyclic) bond motifs is 1. The van der Waals surface area contributed by atoms with E-state index < -0.39 is 11.0 Å². The SMILES string of the molecule is CN(CC(=O)NC1CC1)C(=O)C1(N)C2CCCOC2C1(C)C.Cl. The van der Waals surface area contributed by atoms with Crippen LogP contribution in [0.15, 0.2) is 0 Å². The number of amides is 2. The Kier molecular flexibility index (Phi) is 5.00. The van der Waals surface area contributed by atoms with Gasteiger partial charge in [0.25, 0.3) is 0 Å². The number of rotatable bonds is 4. The highest BCUT2D eigenvalue weighted by atomic mass is 35.5. The Hall–Kier alpha value is -0.850. The quantitative estimate of drug-likeness (QED) is 0.784. The zero-order valence-corrected chi connectivity index (χ0v) is 14.9. The van der Waals surface area contributed by atoms with Crippen LogP contribution in [0.2, 0.25) is 0 Å². The molecule has 3 rings (SSSR count). The van der Waals surface area contributed by atoms with Gasteiger partial charge in [0, 0.05) is 31.0 Å². The lowest BCUT2D eigenvalue weighted by Gasteiger charge is -2.65. The molecular formula is C16H28ClN3O3. The molecule has 0 spiro atoms. The average molecular weight is 346 g/mol. The number of likely N-dealkylation sites (N-methyl/N-ethyl adjacent to an activating group) is 1. The van der Waals surface area contributed by atoms with Crippen molar-refractivity contribution in [3.8, 4) is 0 Å². The molecule has 2 amide bonds. The summed E-state index contributed by atoms with van der Waals surface area (Å²) in [6, 6.07) is 0.305. The Morgan fingerprint density at radius 3 is 2.57 bits per heavy atom. The molecule has 0 aromatic heterocycles. The van der Waals surface area contributed by atoms with Crippen molar-refractivity contribution in [3.05, 3.63) is 0 Å². The summed E-state index contributed by atoms with van der Waals surface area (Å²) in [6.07, 6.45) is 3.98. The van der Waals surface area contributed by atoms with E-state index in [1.54, 1.807) is 7.05 Å². The van der Waals surface area contributed by atoms with Gasteiger partial charge in [0.15, 0.2) is 0 Å². The number of hydrogen-bond acceptors (Lipinski definition) is 4. The molecule has 0 aromatic rings. The third kappa shape index (κ3) is 2.85. The summed E-state index contributed by atoms with van der Waals surface area (Å²) in [6.45, 7) is 4.81. The Morgan fingerprint density at radius 1 is 1.30 bits per heavy atom. The van der Waals surface area contributed by atoms with Gasteiger partial charge >= 0.3 is 0 Å². The molecule has 1 aliphatic heterocycles. The molecule has 23 heavy (non-hydrogen) atoms. The fraction of sp³-hybridized carbons (Fsp3) is 0.875. The van der Waals surface area contributed by atoms with E-state index in [0.29, 0.717) is 6.04 Å². The zero-order valence-electron chi connectivity index (χ0n) is 14.1. The molecule has 2 saturated carbocycles. The van der Waals surface area contributed by atoms with Gasteiger partial charge in [0.2, 0.25) is 11.8 Å². The van der Waals surface area contributed by atoms with Crippen molar-refractivity contribution in [3.63, 3.8) is 0 Å². The molecule has 2 aliphatic carbocycles. The number of nitrogens with two attached hydrogens (primary N) is 1. The van der Waals surface area contributed by atoms with E-state index in [9.17, 15) is 9.59 Å². The minimum absolute atomic E-state index is 0. The number of nitrogens with one attached hydrogen (secondary N) is 1. The van der Waals surface area contributed by atoms with Gasteiger partial charge in [-0.3, -0.25) is 9.59 Å². The predicted octanol–water partition coefficient (Wildman–Crippen LogP) is 0.678. The number of hydrogen-bond donors (Lipinski definition) is 2. The van der Waals surface area contributed by atoms with Crippen molar-refractivity contribution >= 4 is 24.2 Å². The molecule has 3 atom stereocenters. The molecule has 132 valence electrons. The Labute approximate surface area is 143 Å². The first-order valence-corrected chi connectivity index (χ1v) is 8.24. The van der Waals surface area contributed by atoms with Crippen LogP contribution in [0.25, 0.3) is 0 Å². The van der Waals surface area contributed by atoms with Gasteiger partial charge in [0.05, 0.1) is 12.6 Å². The maximum Gasteiger partial charge on any atom is 0.243 e. The third-order valence-electron chi connectivity index (χ3n) is 5.71. The van der Waals surface area contributed by atoms with Gasteiger partial charge in [-0.1, -0.05) is 13.8 Å². The van der Waals surface area contributed by atoms with Crippen LogP contribution < -0.4 is 11.1 Å². The summed E-state index contributed by atoms with van der Waals surface area (Å²) >= 11 is 0. The molecule has 0 aromatic carbocycles. The minimum atomic E-state index is -0.938. The second-order valence-corrected chi connectivity index (χ2v) is 7.63. The van der Waals surface area contributed by atoms with Gasteiger partial charge in [-0.2, -0.15) is 0 Å². The summed E-state index contributed by atoms with van der Waals surface area (Å²) in [7, 11) is 1.66. The fourth-order valence-electron chi connectivity index (χ4n) is 4.11. The van der Waals surface area contributed by atoms with Crippen molar-refractivity contribution < 1.29 is 14.3 Å². The standard InChI is InChI=1S/C16H27N3O3.ClH/c1-15(2)13-11(5-4-8-22-13)16(15,17)14(21)19(3)9-12(20)18-10-6-7-10;/h10-11,13H,4-9,17H2,1-3H3,(H,18,20);1H. The van der Waals surface area contributed by atoms with Crippen LogP contribution in [0.4, 0.5) is 0 Å². The van der Waals surface area contributed by atoms with Crippen molar-refractivity contribution in [1.82, 2.24) is 10.2 Å². The summed E-state index contributed by atoms with van der Waals surface area (Å²) in [5.41, 5.74) is 5.22. The lowest BCUT2D eigenvalue weighted by atomic mass is 9.46. The van der Waals surface area contributed by atoms with E-state index in [1.165, 1.54) is 4.90 Å². The number of nitrogens with zero attached hydrogens (tertiary/aromatic N) is 1. The largest absolute Gasteiger partial charge is 0.377 e. The molecule has 0 radical (unpaired) electrons. The molecule has 1 heterocycles. The van der Waals surface area contributed by atoms with Crippen molar-refractivity contribution in [2.75, 3.05) is 20.2 Å². The Bertz CT molecular complexity index is 495. The molecular weight excluding hydrogens is 318 g/mol. The summed E-state index contributed by atoms with van der Waals surface area (Å²) in [5.74, 6) is -0.191. The van der Waals surface area contributed by atoms with Gasteiger partial charge in [-0.05, 0) is 25.7 Å². The number of ether oxygens (including phenoxy) is 1. The van der Waals surface area contributed by atoms with Crippen LogP contribution in [0.5, 0.6) is 0 Å². The van der Waals surface area contributed by atoms with Gasteiger partial charge < -0.3 is 20.7 Å². The van der Waals surface area contributed by atoms with E-state index in [2.05, 4.69) is 5.32 Å². The highest BCUT2D eigenvalue weighted by molar-refractivity contribution is 5.92. The van der Waals surface area contributed by atoms with E-state index in [1.807, 2.05) is 13.8 Å². The summed E-state index contributed by atoms with van der Waals surface area (Å²) < 4.78 is 5.83. The molecule has 6 nitrogen and oxygen atoms in total. The van der Waals surface area contributed by atoms with Crippen LogP contribution in [0.3, 0.4) is 0 Å². The molecule has 3 aliphatic rings. The molecule has 0 bridgehead atoms. The number of carbonyl (C=O) groups excluding carboxylic acids is 2. The monoisotopic (exact) mass is 345 g/mol. The van der Waals surface area contributed by atoms with Gasteiger partial charge in [-0.25, -0.2) is 0 Å². The van der Waals surface area contributed by atoms with Gasteiger partial charge in [-0.15, -0.1) is 12.4 Å². The minimum Gasteiger partial charge on any atom is -0.377 e. The maximum absolute atomic E-state index is 12.9. The molecule has 7 heteroatoms. The van der Waals surface area contributed by atoms with Crippen LogP contribution in [0.1, 0.15) is 39.5 Å². The fourth-order valence-corrected chi connectivity index (χ4v) is 4.11. The lowest BCUT2D eigenvalue weighted by Crippen LogP contribution is -2.82. The van der Waals surface area contributed by atoms with E-state index in [4.69, 9.17) is 10.5 Å².